The van der Waals surface area contributed by atoms with Crippen molar-refractivity contribution in [1.82, 2.24) is 4.90 Å². The van der Waals surface area contributed by atoms with E-state index in [1.165, 1.54) is 36.2 Å². The molecular formula is C11H15N3O4S. The van der Waals surface area contributed by atoms with Crippen molar-refractivity contribution in [3.8, 4) is 0 Å². The van der Waals surface area contributed by atoms with Crippen molar-refractivity contribution in [3.05, 3.63) is 29.8 Å². The number of oxime groups is 1. The summed E-state index contributed by atoms with van der Waals surface area (Å²) in [6, 6.07) is 5.56. The van der Waals surface area contributed by atoms with Crippen molar-refractivity contribution in [2.75, 3.05) is 19.8 Å². The molecule has 0 fully saturated rings. The number of amidine groups is 1. The zero-order valence-corrected chi connectivity index (χ0v) is 11.4. The minimum Gasteiger partial charge on any atom is -0.409 e. The molecule has 0 saturated heterocycles. The summed E-state index contributed by atoms with van der Waals surface area (Å²) in [4.78, 5) is 13.3. The van der Waals surface area contributed by atoms with Gasteiger partial charge in [0.25, 0.3) is 5.91 Å². The van der Waals surface area contributed by atoms with Gasteiger partial charge in [-0.05, 0) is 24.3 Å². The van der Waals surface area contributed by atoms with Crippen LogP contribution in [0.15, 0.2) is 34.3 Å². The highest BCUT2D eigenvalue weighted by Gasteiger charge is 2.14. The Bertz CT molecular complexity index is 593. The summed E-state index contributed by atoms with van der Waals surface area (Å²) in [5.74, 6) is -0.449. The second-order valence-corrected chi connectivity index (χ2v) is 6.06. The summed E-state index contributed by atoms with van der Waals surface area (Å²) in [7, 11) is -1.79. The molecule has 0 aliphatic carbocycles. The summed E-state index contributed by atoms with van der Waals surface area (Å²) >= 11 is 0. The minimum absolute atomic E-state index is 0.0246. The molecule has 0 unspecified atom stereocenters. The van der Waals surface area contributed by atoms with Gasteiger partial charge in [0.1, 0.15) is 0 Å². The van der Waals surface area contributed by atoms with Crippen LogP contribution in [-0.4, -0.2) is 50.1 Å². The third-order valence-electron chi connectivity index (χ3n) is 2.40. The number of sulfone groups is 1. The first kappa shape index (κ1) is 15.0. The monoisotopic (exact) mass is 285 g/mol. The first-order chi connectivity index (χ1) is 8.75. The molecule has 7 nitrogen and oxygen atoms in total. The fourth-order valence-electron chi connectivity index (χ4n) is 1.41. The Labute approximate surface area is 111 Å². The largest absolute Gasteiger partial charge is 0.409 e. The lowest BCUT2D eigenvalue weighted by Crippen LogP contribution is -2.35. The van der Waals surface area contributed by atoms with Gasteiger partial charge in [-0.15, -0.1) is 0 Å². The normalized spacial score (nSPS) is 12.2. The maximum Gasteiger partial charge on any atom is 0.254 e. The summed E-state index contributed by atoms with van der Waals surface area (Å²) in [5.41, 5.74) is 5.62. The number of benzene rings is 1. The molecule has 0 aromatic heterocycles. The minimum atomic E-state index is -3.29. The molecule has 0 aliphatic rings. The Morgan fingerprint density at radius 1 is 1.37 bits per heavy atom. The zero-order valence-electron chi connectivity index (χ0n) is 10.6. The van der Waals surface area contributed by atoms with E-state index in [1.807, 2.05) is 0 Å². The molecule has 1 rings (SSSR count). The first-order valence-corrected chi connectivity index (χ1v) is 7.17. The Balaban J connectivity index is 2.90. The highest BCUT2D eigenvalue weighted by Crippen LogP contribution is 2.11. The predicted molar refractivity (Wildman–Crippen MR) is 69.9 cm³/mol. The predicted octanol–water partition coefficient (Wildman–Crippen LogP) is -0.0915. The second kappa shape index (κ2) is 5.70. The molecule has 0 saturated carbocycles. The van der Waals surface area contributed by atoms with E-state index in [2.05, 4.69) is 5.16 Å². The van der Waals surface area contributed by atoms with E-state index < -0.39 is 9.84 Å². The zero-order chi connectivity index (χ0) is 14.6. The van der Waals surface area contributed by atoms with Gasteiger partial charge in [-0.25, -0.2) is 8.42 Å². The molecule has 104 valence electrons. The van der Waals surface area contributed by atoms with Crippen LogP contribution < -0.4 is 5.73 Å². The van der Waals surface area contributed by atoms with Gasteiger partial charge in [-0.2, -0.15) is 0 Å². The smallest absolute Gasteiger partial charge is 0.254 e. The van der Waals surface area contributed by atoms with E-state index in [0.717, 1.165) is 6.26 Å². The van der Waals surface area contributed by atoms with Crippen molar-refractivity contribution in [1.29, 1.82) is 0 Å². The van der Waals surface area contributed by atoms with Crippen LogP contribution in [0.4, 0.5) is 0 Å². The molecule has 0 bridgehead atoms. The summed E-state index contributed by atoms with van der Waals surface area (Å²) in [6.07, 6.45) is 1.09. The first-order valence-electron chi connectivity index (χ1n) is 5.27. The highest BCUT2D eigenvalue weighted by atomic mass is 32.2. The van der Waals surface area contributed by atoms with E-state index in [-0.39, 0.29) is 23.2 Å². The second-order valence-electron chi connectivity index (χ2n) is 4.05. The topological polar surface area (TPSA) is 113 Å². The Morgan fingerprint density at radius 2 is 1.89 bits per heavy atom. The molecule has 1 aromatic carbocycles. The lowest BCUT2D eigenvalue weighted by Gasteiger charge is -2.16. The van der Waals surface area contributed by atoms with Crippen molar-refractivity contribution >= 4 is 21.6 Å². The van der Waals surface area contributed by atoms with Gasteiger partial charge in [0, 0.05) is 18.9 Å². The van der Waals surface area contributed by atoms with Gasteiger partial charge in [0.05, 0.1) is 11.4 Å². The van der Waals surface area contributed by atoms with Crippen molar-refractivity contribution < 1.29 is 18.4 Å². The van der Waals surface area contributed by atoms with E-state index in [4.69, 9.17) is 10.9 Å². The van der Waals surface area contributed by atoms with Gasteiger partial charge < -0.3 is 15.8 Å². The average Bonchev–Trinajstić information content (AvgIpc) is 2.36. The fraction of sp³-hybridized carbons (Fsp3) is 0.273. The molecule has 19 heavy (non-hydrogen) atoms. The van der Waals surface area contributed by atoms with Crippen LogP contribution >= 0.6 is 0 Å². The van der Waals surface area contributed by atoms with Gasteiger partial charge in [-0.3, -0.25) is 4.79 Å². The van der Waals surface area contributed by atoms with Gasteiger partial charge in [0.2, 0.25) is 0 Å². The molecule has 0 radical (unpaired) electrons. The molecule has 1 aromatic rings. The maximum absolute atomic E-state index is 11.9. The lowest BCUT2D eigenvalue weighted by atomic mass is 10.2. The van der Waals surface area contributed by atoms with Gasteiger partial charge in [-0.1, -0.05) is 5.16 Å². The number of hydrogen-bond acceptors (Lipinski definition) is 5. The third-order valence-corrected chi connectivity index (χ3v) is 3.53. The summed E-state index contributed by atoms with van der Waals surface area (Å²) in [5, 5.41) is 11.2. The molecular weight excluding hydrogens is 270 g/mol. The molecule has 0 spiro atoms. The van der Waals surface area contributed by atoms with Crippen LogP contribution in [0.25, 0.3) is 0 Å². The van der Waals surface area contributed by atoms with E-state index in [1.54, 1.807) is 0 Å². The number of amides is 1. The number of nitrogens with two attached hydrogens (primary N) is 1. The molecule has 0 aliphatic heterocycles. The lowest BCUT2D eigenvalue weighted by molar-refractivity contribution is 0.0813. The molecule has 3 N–H and O–H groups in total. The van der Waals surface area contributed by atoms with Crippen LogP contribution in [0.3, 0.4) is 0 Å². The summed E-state index contributed by atoms with van der Waals surface area (Å²) in [6.45, 7) is -0.0246. The van der Waals surface area contributed by atoms with Crippen LogP contribution in [0, 0.1) is 0 Å². The Hall–Kier alpha value is -2.09. The molecule has 0 heterocycles. The van der Waals surface area contributed by atoms with Crippen molar-refractivity contribution in [3.63, 3.8) is 0 Å². The van der Waals surface area contributed by atoms with E-state index in [9.17, 15) is 13.2 Å². The Morgan fingerprint density at radius 3 is 2.32 bits per heavy atom. The van der Waals surface area contributed by atoms with Crippen LogP contribution in [-0.2, 0) is 9.84 Å². The number of carbonyl (C=O) groups is 1. The number of rotatable bonds is 4. The third kappa shape index (κ3) is 3.95. The van der Waals surface area contributed by atoms with E-state index >= 15 is 0 Å². The average molecular weight is 285 g/mol. The fourth-order valence-corrected chi connectivity index (χ4v) is 2.04. The molecule has 0 atom stereocenters. The van der Waals surface area contributed by atoms with Crippen LogP contribution in [0.2, 0.25) is 0 Å². The quantitative estimate of drug-likeness (QED) is 0.347. The van der Waals surface area contributed by atoms with Gasteiger partial charge >= 0.3 is 0 Å². The van der Waals surface area contributed by atoms with Gasteiger partial charge in [0.15, 0.2) is 15.7 Å². The number of likely N-dealkylation sites (N-methyl/N-ethyl adjacent to an activating group) is 1. The van der Waals surface area contributed by atoms with E-state index in [0.29, 0.717) is 5.56 Å². The van der Waals surface area contributed by atoms with Crippen LogP contribution in [0.1, 0.15) is 10.4 Å². The standard InChI is InChI=1S/C11H15N3O4S/c1-14(7-10(12)13-16)11(15)8-3-5-9(6-4-8)19(2,17)18/h3-6,16H,7H2,1-2H3,(H2,12,13). The number of nitrogens with zero attached hydrogens (tertiary/aromatic N) is 2. The van der Waals surface area contributed by atoms with Crippen LogP contribution in [0.5, 0.6) is 0 Å². The molecule has 8 heteroatoms. The van der Waals surface area contributed by atoms with Crippen molar-refractivity contribution in [2.45, 2.75) is 4.90 Å². The highest BCUT2D eigenvalue weighted by molar-refractivity contribution is 7.90. The summed E-state index contributed by atoms with van der Waals surface area (Å²) < 4.78 is 22.6. The number of hydrogen-bond donors (Lipinski definition) is 2. The Kier molecular flexibility index (Phi) is 4.49. The molecule has 1 amide bonds. The SMILES string of the molecule is CN(CC(N)=NO)C(=O)c1ccc(S(C)(=O)=O)cc1. The van der Waals surface area contributed by atoms with Crippen molar-refractivity contribution in [2.24, 2.45) is 10.9 Å². The number of carbonyl (C=O) groups excluding carboxylic acids is 1. The maximum atomic E-state index is 11.9.